The standard InChI is InChI=1S/C8H15BrO2/c1-5(9)4-8-10-6(2)7(3)11-8/h5-8H,4H2,1-3H3. The third-order valence-electron chi connectivity index (χ3n) is 1.91. The van der Waals surface area contributed by atoms with Gasteiger partial charge >= 0.3 is 0 Å². The van der Waals surface area contributed by atoms with Gasteiger partial charge in [-0.1, -0.05) is 22.9 Å². The minimum atomic E-state index is -0.00521. The molecule has 0 N–H and O–H groups in total. The fourth-order valence-electron chi connectivity index (χ4n) is 1.11. The van der Waals surface area contributed by atoms with Crippen molar-refractivity contribution in [2.75, 3.05) is 0 Å². The molecule has 0 amide bonds. The van der Waals surface area contributed by atoms with Crippen molar-refractivity contribution in [2.45, 2.75) is 50.5 Å². The van der Waals surface area contributed by atoms with E-state index in [1.54, 1.807) is 0 Å². The Morgan fingerprint density at radius 2 is 1.73 bits per heavy atom. The average molecular weight is 223 g/mol. The Morgan fingerprint density at radius 1 is 1.27 bits per heavy atom. The maximum Gasteiger partial charge on any atom is 0.159 e. The molecule has 11 heavy (non-hydrogen) atoms. The van der Waals surface area contributed by atoms with Crippen molar-refractivity contribution in [1.29, 1.82) is 0 Å². The zero-order valence-electron chi connectivity index (χ0n) is 7.21. The third kappa shape index (κ3) is 2.73. The lowest BCUT2D eigenvalue weighted by Gasteiger charge is -2.10. The normalized spacial score (nSPS) is 40.9. The molecule has 66 valence electrons. The molecule has 1 heterocycles. The number of halogens is 1. The monoisotopic (exact) mass is 222 g/mol. The number of hydrogen-bond acceptors (Lipinski definition) is 2. The van der Waals surface area contributed by atoms with Crippen LogP contribution in [0.25, 0.3) is 0 Å². The first-order valence-electron chi connectivity index (χ1n) is 4.04. The van der Waals surface area contributed by atoms with Gasteiger partial charge in [0, 0.05) is 11.2 Å². The predicted molar refractivity (Wildman–Crippen MR) is 47.9 cm³/mol. The predicted octanol–water partition coefficient (Wildman–Crippen LogP) is 2.31. The van der Waals surface area contributed by atoms with Crippen LogP contribution in [-0.2, 0) is 9.47 Å². The Morgan fingerprint density at radius 3 is 2.09 bits per heavy atom. The maximum absolute atomic E-state index is 5.53. The van der Waals surface area contributed by atoms with Gasteiger partial charge in [0.25, 0.3) is 0 Å². The van der Waals surface area contributed by atoms with Crippen LogP contribution >= 0.6 is 15.9 Å². The summed E-state index contributed by atoms with van der Waals surface area (Å²) >= 11 is 3.46. The molecule has 0 spiro atoms. The van der Waals surface area contributed by atoms with Crippen LogP contribution in [0, 0.1) is 0 Å². The highest BCUT2D eigenvalue weighted by molar-refractivity contribution is 9.09. The molecule has 0 aromatic carbocycles. The van der Waals surface area contributed by atoms with Crippen molar-refractivity contribution >= 4 is 15.9 Å². The van der Waals surface area contributed by atoms with E-state index in [0.717, 1.165) is 6.42 Å². The molecule has 0 saturated carbocycles. The third-order valence-corrected chi connectivity index (χ3v) is 2.28. The molecule has 1 aliphatic heterocycles. The van der Waals surface area contributed by atoms with E-state index >= 15 is 0 Å². The van der Waals surface area contributed by atoms with Crippen molar-refractivity contribution in [3.8, 4) is 0 Å². The van der Waals surface area contributed by atoms with Crippen LogP contribution in [-0.4, -0.2) is 23.3 Å². The summed E-state index contributed by atoms with van der Waals surface area (Å²) in [6, 6.07) is 0. The molecule has 0 aliphatic carbocycles. The second kappa shape index (κ2) is 3.87. The summed E-state index contributed by atoms with van der Waals surface area (Å²) in [5.41, 5.74) is 0. The van der Waals surface area contributed by atoms with Gasteiger partial charge < -0.3 is 9.47 Å². The average Bonchev–Trinajstić information content (AvgIpc) is 2.10. The van der Waals surface area contributed by atoms with Crippen molar-refractivity contribution in [2.24, 2.45) is 0 Å². The van der Waals surface area contributed by atoms with E-state index < -0.39 is 0 Å². The fraction of sp³-hybridized carbons (Fsp3) is 1.00. The quantitative estimate of drug-likeness (QED) is 0.669. The molecule has 0 bridgehead atoms. The van der Waals surface area contributed by atoms with Crippen LogP contribution in [0.1, 0.15) is 27.2 Å². The number of rotatable bonds is 2. The molecule has 0 aromatic heterocycles. The Labute approximate surface area is 76.4 Å². The van der Waals surface area contributed by atoms with E-state index in [-0.39, 0.29) is 18.5 Å². The Bertz CT molecular complexity index is 115. The van der Waals surface area contributed by atoms with Gasteiger partial charge in [0.2, 0.25) is 0 Å². The Kier molecular flexibility index (Phi) is 3.34. The topological polar surface area (TPSA) is 18.5 Å². The number of ether oxygens (including phenoxy) is 2. The van der Waals surface area contributed by atoms with Gasteiger partial charge in [-0.05, 0) is 13.8 Å². The largest absolute Gasteiger partial charge is 0.347 e. The minimum Gasteiger partial charge on any atom is -0.347 e. The van der Waals surface area contributed by atoms with E-state index in [1.807, 2.05) is 13.8 Å². The molecular formula is C8H15BrO2. The highest BCUT2D eigenvalue weighted by atomic mass is 79.9. The van der Waals surface area contributed by atoms with E-state index in [1.165, 1.54) is 0 Å². The summed E-state index contributed by atoms with van der Waals surface area (Å²) in [6.45, 7) is 6.19. The van der Waals surface area contributed by atoms with Crippen LogP contribution in [0.2, 0.25) is 0 Å². The maximum atomic E-state index is 5.53. The molecular weight excluding hydrogens is 208 g/mol. The lowest BCUT2D eigenvalue weighted by molar-refractivity contribution is -0.0658. The molecule has 1 rings (SSSR count). The highest BCUT2D eigenvalue weighted by Gasteiger charge is 2.29. The van der Waals surface area contributed by atoms with Crippen molar-refractivity contribution in [3.05, 3.63) is 0 Å². The molecule has 1 aliphatic rings. The summed E-state index contributed by atoms with van der Waals surface area (Å²) in [5, 5.41) is 0. The lowest BCUT2D eigenvalue weighted by atomic mass is 10.3. The number of alkyl halides is 1. The fourth-order valence-corrected chi connectivity index (χ4v) is 1.41. The van der Waals surface area contributed by atoms with Crippen LogP contribution in [0.3, 0.4) is 0 Å². The Hall–Kier alpha value is 0.400. The van der Waals surface area contributed by atoms with Gasteiger partial charge in [0.15, 0.2) is 6.29 Å². The van der Waals surface area contributed by atoms with Gasteiger partial charge in [-0.15, -0.1) is 0 Å². The summed E-state index contributed by atoms with van der Waals surface area (Å²) in [4.78, 5) is 0.463. The molecule has 3 heteroatoms. The van der Waals surface area contributed by atoms with Gasteiger partial charge in [0.1, 0.15) is 0 Å². The van der Waals surface area contributed by atoms with Crippen molar-refractivity contribution in [3.63, 3.8) is 0 Å². The molecule has 1 fully saturated rings. The molecule has 1 saturated heterocycles. The molecule has 0 radical (unpaired) electrons. The zero-order chi connectivity index (χ0) is 8.43. The summed E-state index contributed by atoms with van der Waals surface area (Å²) < 4.78 is 11.1. The van der Waals surface area contributed by atoms with E-state index in [2.05, 4.69) is 22.9 Å². The zero-order valence-corrected chi connectivity index (χ0v) is 8.80. The van der Waals surface area contributed by atoms with Gasteiger partial charge in [-0.2, -0.15) is 0 Å². The second-order valence-corrected chi connectivity index (χ2v) is 4.69. The van der Waals surface area contributed by atoms with Crippen LogP contribution < -0.4 is 0 Å². The molecule has 3 atom stereocenters. The lowest BCUT2D eigenvalue weighted by Crippen LogP contribution is -2.13. The van der Waals surface area contributed by atoms with Crippen LogP contribution in [0.5, 0.6) is 0 Å². The molecule has 0 aromatic rings. The number of hydrogen-bond donors (Lipinski definition) is 0. The van der Waals surface area contributed by atoms with E-state index in [4.69, 9.17) is 9.47 Å². The minimum absolute atomic E-state index is 0.00521. The van der Waals surface area contributed by atoms with Gasteiger partial charge in [0.05, 0.1) is 12.2 Å². The summed E-state index contributed by atoms with van der Waals surface area (Å²) in [6.07, 6.45) is 1.40. The molecule has 3 unspecified atom stereocenters. The van der Waals surface area contributed by atoms with E-state index in [0.29, 0.717) is 4.83 Å². The second-order valence-electron chi connectivity index (χ2n) is 3.13. The van der Waals surface area contributed by atoms with Gasteiger partial charge in [-0.25, -0.2) is 0 Å². The van der Waals surface area contributed by atoms with Crippen molar-refractivity contribution in [1.82, 2.24) is 0 Å². The molecule has 2 nitrogen and oxygen atoms in total. The van der Waals surface area contributed by atoms with E-state index in [9.17, 15) is 0 Å². The van der Waals surface area contributed by atoms with Crippen LogP contribution in [0.15, 0.2) is 0 Å². The summed E-state index contributed by atoms with van der Waals surface area (Å²) in [5.74, 6) is 0. The summed E-state index contributed by atoms with van der Waals surface area (Å²) in [7, 11) is 0. The van der Waals surface area contributed by atoms with Crippen LogP contribution in [0.4, 0.5) is 0 Å². The first kappa shape index (κ1) is 9.49. The highest BCUT2D eigenvalue weighted by Crippen LogP contribution is 2.23. The smallest absolute Gasteiger partial charge is 0.159 e. The van der Waals surface area contributed by atoms with Gasteiger partial charge in [-0.3, -0.25) is 0 Å². The SMILES string of the molecule is CC(Br)CC1OC(C)C(C)O1. The first-order chi connectivity index (χ1) is 5.09. The first-order valence-corrected chi connectivity index (χ1v) is 4.96. The Balaban J connectivity index is 2.29. The van der Waals surface area contributed by atoms with Crippen molar-refractivity contribution < 1.29 is 9.47 Å².